The Morgan fingerprint density at radius 3 is 2.38 bits per heavy atom. The summed E-state index contributed by atoms with van der Waals surface area (Å²) in [6.07, 6.45) is 14.0. The van der Waals surface area contributed by atoms with Crippen molar-refractivity contribution in [1.29, 1.82) is 0 Å². The number of ether oxygens (including phenoxy) is 1. The minimum absolute atomic E-state index is 0.534. The zero-order valence-corrected chi connectivity index (χ0v) is 19.3. The summed E-state index contributed by atoms with van der Waals surface area (Å²) in [4.78, 5) is 10.6. The standard InChI is InChI=1S/C23H39NO.C2H4O2/c1-15-19-7-8-21-18-6-5-16-13-17(24(3)4)9-11-22(16,2)20(18)10-12-23(19,21)14-25-15;1-2(3)4/h15-21H,5-14H2,1-4H3;1H3,(H,3,4)/t15-,16+,17+,18-,19-,20+,21+,22+,23+;/m1./s1. The van der Waals surface area contributed by atoms with Crippen molar-refractivity contribution in [3.05, 3.63) is 0 Å². The van der Waals surface area contributed by atoms with Crippen LogP contribution in [0.4, 0.5) is 0 Å². The summed E-state index contributed by atoms with van der Waals surface area (Å²) in [5, 5.41) is 8.89. The summed E-state index contributed by atoms with van der Waals surface area (Å²) in [7, 11) is 4.76. The quantitative estimate of drug-likeness (QED) is 0.728. The predicted molar refractivity (Wildman–Crippen MR) is 112 cm³/mol. The van der Waals surface area contributed by atoms with Crippen molar-refractivity contribution in [2.75, 3.05) is 20.7 Å². The van der Waals surface area contributed by atoms with Gasteiger partial charge in [0.1, 0.15) is 0 Å². The van der Waals surface area contributed by atoms with Gasteiger partial charge in [-0.1, -0.05) is 6.92 Å². The minimum atomic E-state index is -1.08. The summed E-state index contributed by atoms with van der Waals surface area (Å²) in [6, 6.07) is 0.921. The second-order valence-corrected chi connectivity index (χ2v) is 11.7. The zero-order chi connectivity index (χ0) is 21.0. The van der Waals surface area contributed by atoms with Crippen LogP contribution >= 0.6 is 0 Å². The Hall–Kier alpha value is -0.610. The molecule has 1 heterocycles. The number of rotatable bonds is 1. The van der Waals surface area contributed by atoms with E-state index in [1.54, 1.807) is 4.90 Å². The molecule has 0 aromatic rings. The van der Waals surface area contributed by atoms with E-state index in [2.05, 4.69) is 27.9 Å². The number of nitrogens with one attached hydrogen (secondary N) is 1. The van der Waals surface area contributed by atoms with Crippen LogP contribution in [0.5, 0.6) is 0 Å². The van der Waals surface area contributed by atoms with Gasteiger partial charge in [0, 0.05) is 17.8 Å². The molecule has 4 saturated carbocycles. The first kappa shape index (κ1) is 21.6. The van der Waals surface area contributed by atoms with Gasteiger partial charge in [-0.3, -0.25) is 0 Å². The Kier molecular flexibility index (Phi) is 5.83. The summed E-state index contributed by atoms with van der Waals surface area (Å²) >= 11 is 0. The fourth-order valence-corrected chi connectivity index (χ4v) is 9.02. The van der Waals surface area contributed by atoms with Crippen molar-refractivity contribution >= 4 is 5.97 Å². The predicted octanol–water partition coefficient (Wildman–Crippen LogP) is 2.31. The molecule has 1 aliphatic heterocycles. The first-order valence-electron chi connectivity index (χ1n) is 12.3. The number of carboxylic acid groups (broad SMARTS) is 1. The number of hydrogen-bond acceptors (Lipinski definition) is 3. The summed E-state index contributed by atoms with van der Waals surface area (Å²) in [6.45, 7) is 7.14. The maximum absolute atomic E-state index is 8.89. The van der Waals surface area contributed by atoms with Crippen LogP contribution in [-0.2, 0) is 9.53 Å². The summed E-state index contributed by atoms with van der Waals surface area (Å²) in [5.74, 6) is 3.85. The molecule has 0 radical (unpaired) electrons. The molecule has 29 heavy (non-hydrogen) atoms. The highest BCUT2D eigenvalue weighted by Gasteiger charge is 2.64. The minimum Gasteiger partial charge on any atom is -0.550 e. The topological polar surface area (TPSA) is 53.8 Å². The number of aliphatic carboxylic acids is 1. The van der Waals surface area contributed by atoms with E-state index >= 15 is 0 Å². The van der Waals surface area contributed by atoms with Gasteiger partial charge < -0.3 is 19.5 Å². The fraction of sp³-hybridized carbons (Fsp3) is 0.960. The van der Waals surface area contributed by atoms with Gasteiger partial charge in [-0.05, 0) is 100 Å². The Balaban J connectivity index is 0.000000472. The smallest absolute Gasteiger partial charge is 0.0873 e. The Morgan fingerprint density at radius 2 is 1.69 bits per heavy atom. The third-order valence-electron chi connectivity index (χ3n) is 10.4. The van der Waals surface area contributed by atoms with Crippen LogP contribution in [-0.4, -0.2) is 38.8 Å². The average Bonchev–Trinajstić information content (AvgIpc) is 3.18. The van der Waals surface area contributed by atoms with Crippen LogP contribution in [0.3, 0.4) is 0 Å². The number of carboxylic acids is 1. The largest absolute Gasteiger partial charge is 0.550 e. The first-order valence-corrected chi connectivity index (χ1v) is 12.3. The van der Waals surface area contributed by atoms with Gasteiger partial charge in [-0.25, -0.2) is 0 Å². The summed E-state index contributed by atoms with van der Waals surface area (Å²) < 4.78 is 6.23. The maximum atomic E-state index is 8.89. The fourth-order valence-electron chi connectivity index (χ4n) is 9.02. The van der Waals surface area contributed by atoms with E-state index in [0.717, 1.165) is 49.2 Å². The average molecular weight is 406 g/mol. The molecular formula is C25H43NO3. The van der Waals surface area contributed by atoms with Crippen LogP contribution in [0.15, 0.2) is 0 Å². The lowest BCUT2D eigenvalue weighted by atomic mass is 9.44. The summed E-state index contributed by atoms with van der Waals surface area (Å²) in [5.41, 5.74) is 1.24. The van der Waals surface area contributed by atoms with E-state index in [1.165, 1.54) is 57.8 Å². The van der Waals surface area contributed by atoms with Crippen molar-refractivity contribution < 1.29 is 19.5 Å². The van der Waals surface area contributed by atoms with Crippen LogP contribution in [0.25, 0.3) is 0 Å². The van der Waals surface area contributed by atoms with E-state index in [4.69, 9.17) is 14.6 Å². The van der Waals surface area contributed by atoms with Crippen molar-refractivity contribution in [3.63, 3.8) is 0 Å². The van der Waals surface area contributed by atoms with Crippen LogP contribution in [0.1, 0.15) is 78.6 Å². The number of hydrogen-bond donors (Lipinski definition) is 1. The SMILES string of the molecule is CC(=O)[O-].C[C@H]1OC[C@]23CC[C@H]4[C@@H](CC[C@H]5C[C@@H]([NH+](C)C)CC[C@@]54C)[C@@H]2CC[C@H]13. The van der Waals surface area contributed by atoms with Crippen molar-refractivity contribution in [2.24, 2.45) is 40.4 Å². The molecule has 0 aromatic heterocycles. The van der Waals surface area contributed by atoms with E-state index in [1.807, 2.05) is 0 Å². The maximum Gasteiger partial charge on any atom is 0.0873 e. The molecule has 4 aliphatic carbocycles. The highest BCUT2D eigenvalue weighted by Crippen LogP contribution is 2.69. The molecule has 5 rings (SSSR count). The van der Waals surface area contributed by atoms with E-state index < -0.39 is 5.97 Å². The molecule has 166 valence electrons. The first-order chi connectivity index (χ1) is 13.7. The van der Waals surface area contributed by atoms with E-state index in [9.17, 15) is 0 Å². The second-order valence-electron chi connectivity index (χ2n) is 11.7. The molecule has 1 saturated heterocycles. The third kappa shape index (κ3) is 3.46. The van der Waals surface area contributed by atoms with Crippen molar-refractivity contribution in [3.8, 4) is 0 Å². The van der Waals surface area contributed by atoms with Gasteiger partial charge in [0.25, 0.3) is 0 Å². The molecule has 0 bridgehead atoms. The Bertz CT molecular complexity index is 617. The highest BCUT2D eigenvalue weighted by molar-refractivity contribution is 5.60. The molecular weight excluding hydrogens is 362 g/mol. The van der Waals surface area contributed by atoms with Crippen molar-refractivity contribution in [1.82, 2.24) is 0 Å². The zero-order valence-electron chi connectivity index (χ0n) is 19.3. The van der Waals surface area contributed by atoms with Crippen LogP contribution < -0.4 is 10.0 Å². The molecule has 4 heteroatoms. The molecule has 1 spiro atoms. The monoisotopic (exact) mass is 405 g/mol. The van der Waals surface area contributed by atoms with Crippen LogP contribution in [0.2, 0.25) is 0 Å². The lowest BCUT2D eigenvalue weighted by Gasteiger charge is -2.60. The molecule has 0 aromatic carbocycles. The number of fused-ring (bicyclic) bond motifs is 4. The van der Waals surface area contributed by atoms with E-state index in [-0.39, 0.29) is 0 Å². The molecule has 4 nitrogen and oxygen atoms in total. The Labute approximate surface area is 177 Å². The molecule has 0 amide bonds. The second kappa shape index (κ2) is 7.82. The Morgan fingerprint density at radius 1 is 1.00 bits per heavy atom. The normalized spacial score (nSPS) is 50.6. The molecule has 0 unspecified atom stereocenters. The molecule has 9 atom stereocenters. The lowest BCUT2D eigenvalue weighted by molar-refractivity contribution is -0.888. The molecule has 5 aliphatic rings. The number of quaternary nitrogens is 1. The molecule has 5 fully saturated rings. The van der Waals surface area contributed by atoms with Gasteiger partial charge in [-0.2, -0.15) is 0 Å². The van der Waals surface area contributed by atoms with Crippen LogP contribution in [0, 0.1) is 40.4 Å². The van der Waals surface area contributed by atoms with Crippen molar-refractivity contribution in [2.45, 2.75) is 90.7 Å². The lowest BCUT2D eigenvalue weighted by Crippen LogP contribution is -3.10. The third-order valence-corrected chi connectivity index (χ3v) is 10.4. The number of carbonyl (C=O) groups excluding carboxylic acids is 1. The van der Waals surface area contributed by atoms with Gasteiger partial charge in [0.15, 0.2) is 0 Å². The van der Waals surface area contributed by atoms with Gasteiger partial charge in [0.05, 0.1) is 32.8 Å². The highest BCUT2D eigenvalue weighted by atomic mass is 16.5. The number of carbonyl (C=O) groups is 1. The van der Waals surface area contributed by atoms with Gasteiger partial charge in [-0.15, -0.1) is 0 Å². The van der Waals surface area contributed by atoms with Gasteiger partial charge >= 0.3 is 0 Å². The van der Waals surface area contributed by atoms with E-state index in [0.29, 0.717) is 16.9 Å². The molecule has 1 N–H and O–H groups in total. The van der Waals surface area contributed by atoms with Gasteiger partial charge in [0.2, 0.25) is 0 Å².